The molecule has 2 nitrogen and oxygen atoms in total. The van der Waals surface area contributed by atoms with E-state index in [1.54, 1.807) is 0 Å². The van der Waals surface area contributed by atoms with E-state index in [1.165, 1.54) is 0 Å². The summed E-state index contributed by atoms with van der Waals surface area (Å²) in [4.78, 5) is 4.36. The molecule has 0 fully saturated rings. The van der Waals surface area contributed by atoms with Crippen molar-refractivity contribution in [3.63, 3.8) is 0 Å². The molecule has 2 heteroatoms. The van der Waals surface area contributed by atoms with Gasteiger partial charge in [-0.3, -0.25) is 0 Å². The van der Waals surface area contributed by atoms with Gasteiger partial charge in [0.25, 0.3) is 0 Å². The Morgan fingerprint density at radius 1 is 0.929 bits per heavy atom. The molecule has 0 bridgehead atoms. The van der Waals surface area contributed by atoms with Gasteiger partial charge in [0.1, 0.15) is 5.82 Å². The third-order valence-electron chi connectivity index (χ3n) is 1.93. The predicted octanol–water partition coefficient (Wildman–Crippen LogP) is 3.13. The van der Waals surface area contributed by atoms with Gasteiger partial charge in [-0.25, -0.2) is 4.98 Å². The molecule has 0 radical (unpaired) electrons. The van der Waals surface area contributed by atoms with Gasteiger partial charge in [0, 0.05) is 11.4 Å². The van der Waals surface area contributed by atoms with Crippen molar-refractivity contribution in [2.45, 2.75) is 6.92 Å². The Kier molecular flexibility index (Phi) is 2.45. The number of pyridine rings is 1. The van der Waals surface area contributed by atoms with Crippen LogP contribution in [-0.2, 0) is 0 Å². The molecular weight excluding hydrogens is 172 g/mol. The molecule has 14 heavy (non-hydrogen) atoms. The quantitative estimate of drug-likeness (QED) is 0.775. The largest absolute Gasteiger partial charge is 0.340 e. The van der Waals surface area contributed by atoms with Crippen LogP contribution in [0.2, 0.25) is 0 Å². The third kappa shape index (κ3) is 2.10. The zero-order chi connectivity index (χ0) is 9.80. The minimum Gasteiger partial charge on any atom is -0.340 e. The van der Waals surface area contributed by atoms with Crippen LogP contribution in [0, 0.1) is 6.92 Å². The van der Waals surface area contributed by atoms with Gasteiger partial charge in [-0.1, -0.05) is 24.3 Å². The fourth-order valence-electron chi connectivity index (χ4n) is 1.28. The molecule has 1 N–H and O–H groups in total. The number of aryl methyl sites for hydroxylation is 1. The summed E-state index contributed by atoms with van der Waals surface area (Å²) in [5.41, 5.74) is 2.08. The van der Waals surface area contributed by atoms with Crippen LogP contribution in [0.5, 0.6) is 0 Å². The van der Waals surface area contributed by atoms with Gasteiger partial charge in [-0.15, -0.1) is 0 Å². The van der Waals surface area contributed by atoms with Gasteiger partial charge < -0.3 is 5.32 Å². The van der Waals surface area contributed by atoms with Crippen molar-refractivity contribution in [1.82, 2.24) is 4.98 Å². The zero-order valence-electron chi connectivity index (χ0n) is 8.07. The highest BCUT2D eigenvalue weighted by Gasteiger charge is 1.94. The first-order valence-corrected chi connectivity index (χ1v) is 4.60. The normalized spacial score (nSPS) is 9.79. The summed E-state index contributed by atoms with van der Waals surface area (Å²) in [7, 11) is 0. The summed E-state index contributed by atoms with van der Waals surface area (Å²) in [6, 6.07) is 16.0. The van der Waals surface area contributed by atoms with Gasteiger partial charge >= 0.3 is 0 Å². The van der Waals surface area contributed by atoms with Gasteiger partial charge in [-0.05, 0) is 31.2 Å². The van der Waals surface area contributed by atoms with Crippen molar-refractivity contribution in [1.29, 1.82) is 0 Å². The molecule has 0 saturated heterocycles. The molecular formula is C12H12N2. The number of benzene rings is 1. The fourth-order valence-corrected chi connectivity index (χ4v) is 1.28. The van der Waals surface area contributed by atoms with Crippen molar-refractivity contribution in [3.8, 4) is 0 Å². The summed E-state index contributed by atoms with van der Waals surface area (Å²) in [6.07, 6.45) is 0. The van der Waals surface area contributed by atoms with Crippen LogP contribution >= 0.6 is 0 Å². The molecule has 2 aromatic rings. The van der Waals surface area contributed by atoms with Crippen LogP contribution in [0.25, 0.3) is 0 Å². The molecule has 0 atom stereocenters. The number of para-hydroxylation sites is 1. The molecule has 0 spiro atoms. The Bertz CT molecular complexity index is 410. The fraction of sp³-hybridized carbons (Fsp3) is 0.0833. The van der Waals surface area contributed by atoms with E-state index in [4.69, 9.17) is 0 Å². The summed E-state index contributed by atoms with van der Waals surface area (Å²) < 4.78 is 0. The molecule has 1 aromatic carbocycles. The summed E-state index contributed by atoms with van der Waals surface area (Å²) in [5, 5.41) is 3.23. The molecule has 70 valence electrons. The maximum Gasteiger partial charge on any atom is 0.130 e. The Labute approximate surface area is 83.6 Å². The zero-order valence-corrected chi connectivity index (χ0v) is 8.07. The smallest absolute Gasteiger partial charge is 0.130 e. The lowest BCUT2D eigenvalue weighted by Gasteiger charge is -2.05. The van der Waals surface area contributed by atoms with E-state index in [2.05, 4.69) is 10.3 Å². The number of nitrogens with zero attached hydrogens (tertiary/aromatic N) is 1. The van der Waals surface area contributed by atoms with Crippen LogP contribution in [0.4, 0.5) is 11.5 Å². The predicted molar refractivity (Wildman–Crippen MR) is 58.7 cm³/mol. The molecule has 0 saturated carbocycles. The lowest BCUT2D eigenvalue weighted by Crippen LogP contribution is -1.93. The highest BCUT2D eigenvalue weighted by molar-refractivity contribution is 5.55. The SMILES string of the molecule is Cc1cccc(Nc2ccccc2)n1. The minimum atomic E-state index is 0.885. The number of rotatable bonds is 2. The van der Waals surface area contributed by atoms with Crippen molar-refractivity contribution >= 4 is 11.5 Å². The second-order valence-electron chi connectivity index (χ2n) is 3.16. The molecule has 0 aliphatic rings. The second-order valence-corrected chi connectivity index (χ2v) is 3.16. The third-order valence-corrected chi connectivity index (χ3v) is 1.93. The molecule has 0 unspecified atom stereocenters. The van der Waals surface area contributed by atoms with Crippen molar-refractivity contribution in [2.24, 2.45) is 0 Å². The number of nitrogens with one attached hydrogen (secondary N) is 1. The van der Waals surface area contributed by atoms with Crippen molar-refractivity contribution in [3.05, 3.63) is 54.2 Å². The number of hydrogen-bond acceptors (Lipinski definition) is 2. The van der Waals surface area contributed by atoms with Crippen molar-refractivity contribution < 1.29 is 0 Å². The van der Waals surface area contributed by atoms with E-state index in [1.807, 2.05) is 55.5 Å². The van der Waals surface area contributed by atoms with Gasteiger partial charge in [0.15, 0.2) is 0 Å². The van der Waals surface area contributed by atoms with E-state index in [-0.39, 0.29) is 0 Å². The van der Waals surface area contributed by atoms with Crippen LogP contribution in [0.1, 0.15) is 5.69 Å². The standard InChI is InChI=1S/C12H12N2/c1-10-6-5-9-12(13-10)14-11-7-3-2-4-8-11/h2-9H,1H3,(H,13,14). The Balaban J connectivity index is 2.19. The van der Waals surface area contributed by atoms with E-state index in [0.717, 1.165) is 17.2 Å². The minimum absolute atomic E-state index is 0.885. The Morgan fingerprint density at radius 2 is 1.71 bits per heavy atom. The van der Waals surface area contributed by atoms with E-state index in [9.17, 15) is 0 Å². The first kappa shape index (κ1) is 8.75. The Morgan fingerprint density at radius 3 is 2.43 bits per heavy atom. The molecule has 0 aliphatic carbocycles. The maximum absolute atomic E-state index is 4.36. The number of aromatic nitrogens is 1. The van der Waals surface area contributed by atoms with E-state index >= 15 is 0 Å². The average Bonchev–Trinajstić information content (AvgIpc) is 2.19. The van der Waals surface area contributed by atoms with E-state index in [0.29, 0.717) is 0 Å². The maximum atomic E-state index is 4.36. The topological polar surface area (TPSA) is 24.9 Å². The van der Waals surface area contributed by atoms with Gasteiger partial charge in [0.2, 0.25) is 0 Å². The Hall–Kier alpha value is -1.83. The van der Waals surface area contributed by atoms with Gasteiger partial charge in [-0.2, -0.15) is 0 Å². The lowest BCUT2D eigenvalue weighted by atomic mass is 10.3. The summed E-state index contributed by atoms with van der Waals surface area (Å²) >= 11 is 0. The lowest BCUT2D eigenvalue weighted by molar-refractivity contribution is 1.20. The first-order valence-electron chi connectivity index (χ1n) is 4.60. The second kappa shape index (κ2) is 3.92. The van der Waals surface area contributed by atoms with Crippen molar-refractivity contribution in [2.75, 3.05) is 5.32 Å². The number of anilines is 2. The van der Waals surface area contributed by atoms with Crippen LogP contribution < -0.4 is 5.32 Å². The average molecular weight is 184 g/mol. The molecule has 0 amide bonds. The van der Waals surface area contributed by atoms with Crippen LogP contribution in [0.3, 0.4) is 0 Å². The first-order chi connectivity index (χ1) is 6.84. The highest BCUT2D eigenvalue weighted by Crippen LogP contribution is 2.13. The van der Waals surface area contributed by atoms with E-state index < -0.39 is 0 Å². The molecule has 2 rings (SSSR count). The monoisotopic (exact) mass is 184 g/mol. The van der Waals surface area contributed by atoms with Gasteiger partial charge in [0.05, 0.1) is 0 Å². The highest BCUT2D eigenvalue weighted by atomic mass is 15.0. The van der Waals surface area contributed by atoms with Crippen LogP contribution in [0.15, 0.2) is 48.5 Å². The van der Waals surface area contributed by atoms with Crippen LogP contribution in [-0.4, -0.2) is 4.98 Å². The summed E-state index contributed by atoms with van der Waals surface area (Å²) in [6.45, 7) is 1.98. The molecule has 1 heterocycles. The molecule has 1 aromatic heterocycles. The summed E-state index contributed by atoms with van der Waals surface area (Å²) in [5.74, 6) is 0.885. The molecule has 0 aliphatic heterocycles. The number of hydrogen-bond donors (Lipinski definition) is 1.